The van der Waals surface area contributed by atoms with Gasteiger partial charge in [0.1, 0.15) is 11.3 Å². The Hall–Kier alpha value is -3.14. The molecule has 0 saturated heterocycles. The number of para-hydroxylation sites is 3. The molecule has 0 aliphatic rings. The maximum atomic E-state index is 4.70. The van der Waals surface area contributed by atoms with Gasteiger partial charge in [0.2, 0.25) is 0 Å². The highest BCUT2D eigenvalue weighted by Crippen LogP contribution is 2.23. The Morgan fingerprint density at radius 3 is 2.64 bits per heavy atom. The highest BCUT2D eigenvalue weighted by atomic mass is 15.0. The van der Waals surface area contributed by atoms with Crippen molar-refractivity contribution in [1.29, 1.82) is 0 Å². The van der Waals surface area contributed by atoms with E-state index in [1.54, 1.807) is 0 Å². The van der Waals surface area contributed by atoms with Gasteiger partial charge in [0.05, 0.1) is 16.6 Å². The van der Waals surface area contributed by atoms with E-state index in [0.29, 0.717) is 0 Å². The predicted octanol–water partition coefficient (Wildman–Crippen LogP) is 4.03. The van der Waals surface area contributed by atoms with Gasteiger partial charge in [0, 0.05) is 6.20 Å². The minimum atomic E-state index is 0.800. The standard InChI is InChI=1S/C18H12N4/c1-4-8-16-12(5-1)9-10-17-19-15(11-22(16)17)18-20-13-6-2-3-7-14(13)21-18/h1-11H,(H,20,21). The number of pyridine rings is 1. The van der Waals surface area contributed by atoms with Gasteiger partial charge in [-0.1, -0.05) is 30.3 Å². The second-order valence-electron chi connectivity index (χ2n) is 5.35. The van der Waals surface area contributed by atoms with E-state index in [2.05, 4.69) is 32.6 Å². The molecule has 0 unspecified atom stereocenters. The highest BCUT2D eigenvalue weighted by molar-refractivity contribution is 5.83. The monoisotopic (exact) mass is 284 g/mol. The van der Waals surface area contributed by atoms with Crippen LogP contribution in [0, 0.1) is 0 Å². The summed E-state index contributed by atoms with van der Waals surface area (Å²) in [5.74, 6) is 0.800. The number of aromatic nitrogens is 4. The molecule has 0 aliphatic heterocycles. The van der Waals surface area contributed by atoms with Crippen molar-refractivity contribution in [3.63, 3.8) is 0 Å². The molecule has 0 radical (unpaired) electrons. The Morgan fingerprint density at radius 1 is 0.818 bits per heavy atom. The maximum Gasteiger partial charge on any atom is 0.158 e. The van der Waals surface area contributed by atoms with E-state index >= 15 is 0 Å². The molecule has 0 fully saturated rings. The fourth-order valence-electron chi connectivity index (χ4n) is 2.91. The lowest BCUT2D eigenvalue weighted by atomic mass is 10.2. The van der Waals surface area contributed by atoms with Crippen molar-refractivity contribution >= 4 is 27.6 Å². The fourth-order valence-corrected chi connectivity index (χ4v) is 2.91. The molecule has 0 amide bonds. The Balaban J connectivity index is 1.79. The van der Waals surface area contributed by atoms with Gasteiger partial charge in [-0.25, -0.2) is 9.97 Å². The normalized spacial score (nSPS) is 11.6. The van der Waals surface area contributed by atoms with Crippen molar-refractivity contribution in [2.75, 3.05) is 0 Å². The molecule has 3 aromatic heterocycles. The molecule has 0 saturated carbocycles. The molecule has 0 atom stereocenters. The second-order valence-corrected chi connectivity index (χ2v) is 5.35. The van der Waals surface area contributed by atoms with Crippen LogP contribution in [0.25, 0.3) is 39.1 Å². The van der Waals surface area contributed by atoms with Crippen LogP contribution in [0.1, 0.15) is 0 Å². The lowest BCUT2D eigenvalue weighted by Gasteiger charge is -1.99. The largest absolute Gasteiger partial charge is 0.337 e. The molecule has 4 nitrogen and oxygen atoms in total. The maximum absolute atomic E-state index is 4.70. The molecule has 2 aromatic carbocycles. The zero-order valence-electron chi connectivity index (χ0n) is 11.7. The summed E-state index contributed by atoms with van der Waals surface area (Å²) in [6.07, 6.45) is 2.04. The lowest BCUT2D eigenvalue weighted by Crippen LogP contribution is -1.85. The van der Waals surface area contributed by atoms with Gasteiger partial charge in [0.25, 0.3) is 0 Å². The van der Waals surface area contributed by atoms with Gasteiger partial charge in [-0.15, -0.1) is 0 Å². The van der Waals surface area contributed by atoms with Crippen molar-refractivity contribution in [3.05, 3.63) is 66.9 Å². The molecule has 3 heterocycles. The van der Waals surface area contributed by atoms with Crippen molar-refractivity contribution in [2.45, 2.75) is 0 Å². The SMILES string of the molecule is c1ccc2c(c1)ccc1nc(-c3nc4ccccc4[nH]3)cn12. The number of fused-ring (bicyclic) bond motifs is 4. The Bertz CT molecular complexity index is 1100. The average Bonchev–Trinajstić information content (AvgIpc) is 3.18. The first-order chi connectivity index (χ1) is 10.9. The summed E-state index contributed by atoms with van der Waals surface area (Å²) in [5, 5.41) is 1.20. The van der Waals surface area contributed by atoms with Crippen LogP contribution in [0.5, 0.6) is 0 Å². The lowest BCUT2D eigenvalue weighted by molar-refractivity contribution is 1.26. The molecule has 5 rings (SSSR count). The van der Waals surface area contributed by atoms with Crippen LogP contribution in [0.2, 0.25) is 0 Å². The van der Waals surface area contributed by atoms with Gasteiger partial charge in [-0.3, -0.25) is 4.40 Å². The Labute approximate surface area is 126 Å². The third-order valence-electron chi connectivity index (χ3n) is 3.97. The quantitative estimate of drug-likeness (QED) is 0.505. The molecule has 0 bridgehead atoms. The number of nitrogens with zero attached hydrogens (tertiary/aromatic N) is 3. The summed E-state index contributed by atoms with van der Waals surface area (Å²) in [7, 11) is 0. The van der Waals surface area contributed by atoms with E-state index in [9.17, 15) is 0 Å². The first-order valence-electron chi connectivity index (χ1n) is 7.20. The van der Waals surface area contributed by atoms with Crippen LogP contribution in [-0.4, -0.2) is 19.4 Å². The van der Waals surface area contributed by atoms with Crippen LogP contribution < -0.4 is 0 Å². The van der Waals surface area contributed by atoms with Crippen LogP contribution in [-0.2, 0) is 0 Å². The van der Waals surface area contributed by atoms with Crippen molar-refractivity contribution in [1.82, 2.24) is 19.4 Å². The Morgan fingerprint density at radius 2 is 1.68 bits per heavy atom. The van der Waals surface area contributed by atoms with Gasteiger partial charge in [-0.2, -0.15) is 0 Å². The summed E-state index contributed by atoms with van der Waals surface area (Å²) in [5.41, 5.74) is 4.91. The minimum absolute atomic E-state index is 0.800. The van der Waals surface area contributed by atoms with E-state index in [0.717, 1.165) is 33.7 Å². The smallest absolute Gasteiger partial charge is 0.158 e. The fraction of sp³-hybridized carbons (Fsp3) is 0. The molecule has 22 heavy (non-hydrogen) atoms. The van der Waals surface area contributed by atoms with Crippen molar-refractivity contribution in [2.24, 2.45) is 0 Å². The van der Waals surface area contributed by atoms with Gasteiger partial charge < -0.3 is 4.98 Å². The number of hydrogen-bond donors (Lipinski definition) is 1. The number of aromatic amines is 1. The van der Waals surface area contributed by atoms with Crippen LogP contribution in [0.4, 0.5) is 0 Å². The van der Waals surface area contributed by atoms with Crippen molar-refractivity contribution < 1.29 is 0 Å². The highest BCUT2D eigenvalue weighted by Gasteiger charge is 2.10. The predicted molar refractivity (Wildman–Crippen MR) is 87.8 cm³/mol. The minimum Gasteiger partial charge on any atom is -0.337 e. The van der Waals surface area contributed by atoms with E-state index in [1.807, 2.05) is 48.7 Å². The van der Waals surface area contributed by atoms with Gasteiger partial charge in [-0.05, 0) is 35.7 Å². The third kappa shape index (κ3) is 1.58. The Kier molecular flexibility index (Phi) is 2.19. The van der Waals surface area contributed by atoms with Crippen LogP contribution in [0.15, 0.2) is 66.9 Å². The van der Waals surface area contributed by atoms with E-state index in [4.69, 9.17) is 4.98 Å². The average molecular weight is 284 g/mol. The number of nitrogens with one attached hydrogen (secondary N) is 1. The summed E-state index contributed by atoms with van der Waals surface area (Å²) in [6.45, 7) is 0. The molecule has 0 spiro atoms. The van der Waals surface area contributed by atoms with E-state index < -0.39 is 0 Å². The second kappa shape index (κ2) is 4.18. The number of imidazole rings is 2. The molecule has 104 valence electrons. The number of rotatable bonds is 1. The molecule has 5 aromatic rings. The first kappa shape index (κ1) is 11.5. The number of benzene rings is 2. The molecular formula is C18H12N4. The van der Waals surface area contributed by atoms with E-state index in [1.165, 1.54) is 5.39 Å². The topological polar surface area (TPSA) is 46.0 Å². The zero-order chi connectivity index (χ0) is 14.5. The van der Waals surface area contributed by atoms with E-state index in [-0.39, 0.29) is 0 Å². The number of H-pyrrole nitrogens is 1. The molecular weight excluding hydrogens is 272 g/mol. The molecule has 1 N–H and O–H groups in total. The number of hydrogen-bond acceptors (Lipinski definition) is 2. The summed E-state index contributed by atoms with van der Waals surface area (Å²) in [6, 6.07) is 20.5. The summed E-state index contributed by atoms with van der Waals surface area (Å²) in [4.78, 5) is 12.7. The van der Waals surface area contributed by atoms with Crippen LogP contribution >= 0.6 is 0 Å². The van der Waals surface area contributed by atoms with Gasteiger partial charge in [0.15, 0.2) is 5.82 Å². The van der Waals surface area contributed by atoms with Crippen molar-refractivity contribution in [3.8, 4) is 11.5 Å². The van der Waals surface area contributed by atoms with Crippen LogP contribution in [0.3, 0.4) is 0 Å². The third-order valence-corrected chi connectivity index (χ3v) is 3.97. The van der Waals surface area contributed by atoms with Gasteiger partial charge >= 0.3 is 0 Å². The summed E-state index contributed by atoms with van der Waals surface area (Å²) >= 11 is 0. The summed E-state index contributed by atoms with van der Waals surface area (Å²) < 4.78 is 2.11. The molecule has 0 aliphatic carbocycles. The molecule has 4 heteroatoms. The zero-order valence-corrected chi connectivity index (χ0v) is 11.7. The first-order valence-corrected chi connectivity index (χ1v) is 7.20.